The van der Waals surface area contributed by atoms with Gasteiger partial charge in [0.05, 0.1) is 13.2 Å². The molecule has 0 spiro atoms. The maximum absolute atomic E-state index is 5.61. The summed E-state index contributed by atoms with van der Waals surface area (Å²) in [6.07, 6.45) is 5.25. The van der Waals surface area contributed by atoms with E-state index in [1.54, 1.807) is 7.11 Å². The summed E-state index contributed by atoms with van der Waals surface area (Å²) in [5, 5.41) is 6.97. The lowest BCUT2D eigenvalue weighted by Gasteiger charge is -2.30. The molecule has 0 radical (unpaired) electrons. The Hall–Kier alpha value is -1.75. The van der Waals surface area contributed by atoms with E-state index in [2.05, 4.69) is 38.7 Å². The van der Waals surface area contributed by atoms with E-state index < -0.39 is 0 Å². The average molecular weight is 330 g/mol. The zero-order chi connectivity index (χ0) is 16.8. The van der Waals surface area contributed by atoms with Crippen molar-refractivity contribution >= 4 is 5.96 Å². The molecule has 1 saturated heterocycles. The Labute approximate surface area is 145 Å². The van der Waals surface area contributed by atoms with Crippen LogP contribution < -0.4 is 15.4 Å². The molecule has 1 saturated carbocycles. The predicted molar refractivity (Wildman–Crippen MR) is 98.6 cm³/mol. The Kier molecular flexibility index (Phi) is 5.96. The molecule has 2 aliphatic rings. The van der Waals surface area contributed by atoms with Gasteiger partial charge in [0.2, 0.25) is 0 Å². The van der Waals surface area contributed by atoms with Gasteiger partial charge < -0.3 is 15.4 Å². The molecule has 1 unspecified atom stereocenters. The molecule has 132 valence electrons. The first-order valence-corrected chi connectivity index (χ1v) is 9.13. The van der Waals surface area contributed by atoms with E-state index in [1.165, 1.54) is 31.2 Å². The van der Waals surface area contributed by atoms with Crippen molar-refractivity contribution in [3.63, 3.8) is 0 Å². The fourth-order valence-corrected chi connectivity index (χ4v) is 3.41. The molecule has 1 heterocycles. The highest BCUT2D eigenvalue weighted by Crippen LogP contribution is 2.31. The Balaban J connectivity index is 1.67. The van der Waals surface area contributed by atoms with Gasteiger partial charge in [-0.05, 0) is 50.8 Å². The van der Waals surface area contributed by atoms with Gasteiger partial charge in [-0.25, -0.2) is 0 Å². The molecule has 1 aliphatic carbocycles. The van der Waals surface area contributed by atoms with Crippen molar-refractivity contribution in [2.75, 3.05) is 40.3 Å². The lowest BCUT2D eigenvalue weighted by molar-refractivity contribution is 0.239. The number of nitrogens with one attached hydrogen (secondary N) is 2. The molecule has 1 aromatic carbocycles. The molecule has 1 aliphatic heterocycles. The molecule has 24 heavy (non-hydrogen) atoms. The number of hydrogen-bond donors (Lipinski definition) is 2. The first kappa shape index (κ1) is 17.1. The number of aliphatic imine (C=N–C) groups is 1. The number of ether oxygens (including phenoxy) is 1. The van der Waals surface area contributed by atoms with E-state index in [9.17, 15) is 0 Å². The summed E-state index contributed by atoms with van der Waals surface area (Å²) in [5.41, 5.74) is 1.26. The monoisotopic (exact) mass is 330 g/mol. The predicted octanol–water partition coefficient (Wildman–Crippen LogP) is 2.41. The number of hydrogen-bond acceptors (Lipinski definition) is 3. The van der Waals surface area contributed by atoms with Crippen LogP contribution in [0.5, 0.6) is 5.75 Å². The second kappa shape index (κ2) is 8.38. The number of methoxy groups -OCH3 is 1. The van der Waals surface area contributed by atoms with Crippen LogP contribution in [0.4, 0.5) is 0 Å². The molecule has 5 nitrogen and oxygen atoms in total. The van der Waals surface area contributed by atoms with E-state index in [4.69, 9.17) is 4.74 Å². The second-order valence-electron chi connectivity index (χ2n) is 6.78. The molecule has 0 amide bonds. The quantitative estimate of drug-likeness (QED) is 0.595. The first-order chi connectivity index (χ1) is 11.8. The Morgan fingerprint density at radius 1 is 1.25 bits per heavy atom. The third kappa shape index (κ3) is 4.41. The van der Waals surface area contributed by atoms with Gasteiger partial charge in [-0.3, -0.25) is 9.89 Å². The molecule has 3 rings (SSSR count). The molecule has 2 N–H and O–H groups in total. The fourth-order valence-electron chi connectivity index (χ4n) is 3.41. The summed E-state index contributed by atoms with van der Waals surface area (Å²) >= 11 is 0. The topological polar surface area (TPSA) is 48.9 Å². The van der Waals surface area contributed by atoms with Crippen molar-refractivity contribution in [1.29, 1.82) is 0 Å². The Morgan fingerprint density at radius 2 is 2.00 bits per heavy atom. The van der Waals surface area contributed by atoms with Crippen molar-refractivity contribution in [3.05, 3.63) is 29.8 Å². The van der Waals surface area contributed by atoms with E-state index in [0.29, 0.717) is 6.04 Å². The van der Waals surface area contributed by atoms with Crippen LogP contribution in [0.3, 0.4) is 0 Å². The number of likely N-dealkylation sites (tertiary alicyclic amines) is 1. The standard InChI is InChI=1S/C19H30N4O/c1-20-19(21-13-15-9-10-15)22-14-17(23-11-5-6-12-23)16-7-3-4-8-18(16)24-2/h3-4,7-8,15,17H,5-6,9-14H2,1-2H3,(H2,20,21,22). The number of nitrogens with zero attached hydrogens (tertiary/aromatic N) is 2. The molecule has 5 heteroatoms. The van der Waals surface area contributed by atoms with Crippen LogP contribution in [0.1, 0.15) is 37.3 Å². The smallest absolute Gasteiger partial charge is 0.191 e. The fraction of sp³-hybridized carbons (Fsp3) is 0.632. The Bertz CT molecular complexity index is 550. The number of benzene rings is 1. The number of para-hydroxylation sites is 1. The third-order valence-corrected chi connectivity index (χ3v) is 5.02. The largest absolute Gasteiger partial charge is 0.496 e. The minimum atomic E-state index is 0.308. The van der Waals surface area contributed by atoms with Gasteiger partial charge in [0.25, 0.3) is 0 Å². The summed E-state index contributed by atoms with van der Waals surface area (Å²) in [5.74, 6) is 2.71. The molecule has 0 aromatic heterocycles. The summed E-state index contributed by atoms with van der Waals surface area (Å²) < 4.78 is 5.61. The van der Waals surface area contributed by atoms with E-state index >= 15 is 0 Å². The van der Waals surface area contributed by atoms with Gasteiger partial charge in [-0.2, -0.15) is 0 Å². The van der Waals surface area contributed by atoms with Gasteiger partial charge in [0.1, 0.15) is 5.75 Å². The molecule has 1 atom stereocenters. The molecule has 1 aromatic rings. The van der Waals surface area contributed by atoms with Crippen LogP contribution in [-0.2, 0) is 0 Å². The summed E-state index contributed by atoms with van der Waals surface area (Å²) in [6.45, 7) is 4.17. The van der Waals surface area contributed by atoms with Crippen molar-refractivity contribution in [3.8, 4) is 5.75 Å². The lowest BCUT2D eigenvalue weighted by Crippen LogP contribution is -2.43. The first-order valence-electron chi connectivity index (χ1n) is 9.13. The van der Waals surface area contributed by atoms with E-state index in [-0.39, 0.29) is 0 Å². The van der Waals surface area contributed by atoms with Crippen LogP contribution in [-0.4, -0.2) is 51.2 Å². The van der Waals surface area contributed by atoms with Crippen molar-refractivity contribution < 1.29 is 4.74 Å². The normalized spacial score (nSPS) is 20.0. The highest BCUT2D eigenvalue weighted by Gasteiger charge is 2.26. The van der Waals surface area contributed by atoms with Gasteiger partial charge in [-0.15, -0.1) is 0 Å². The number of rotatable bonds is 7. The van der Waals surface area contributed by atoms with E-state index in [1.807, 2.05) is 13.1 Å². The zero-order valence-electron chi connectivity index (χ0n) is 14.9. The van der Waals surface area contributed by atoms with Gasteiger partial charge >= 0.3 is 0 Å². The highest BCUT2D eigenvalue weighted by atomic mass is 16.5. The maximum atomic E-state index is 5.61. The van der Waals surface area contributed by atoms with Crippen molar-refractivity contribution in [2.24, 2.45) is 10.9 Å². The minimum Gasteiger partial charge on any atom is -0.496 e. The van der Waals surface area contributed by atoms with Crippen LogP contribution in [0.25, 0.3) is 0 Å². The summed E-state index contributed by atoms with van der Waals surface area (Å²) in [4.78, 5) is 6.92. The van der Waals surface area contributed by atoms with Gasteiger partial charge in [0.15, 0.2) is 5.96 Å². The van der Waals surface area contributed by atoms with Crippen LogP contribution in [0.15, 0.2) is 29.3 Å². The molecular weight excluding hydrogens is 300 g/mol. The molecule has 2 fully saturated rings. The van der Waals surface area contributed by atoms with Gasteiger partial charge in [0, 0.05) is 25.7 Å². The SMILES string of the molecule is CN=C(NCC1CC1)NCC(c1ccccc1OC)N1CCCC1. The minimum absolute atomic E-state index is 0.308. The lowest BCUT2D eigenvalue weighted by atomic mass is 10.0. The molecule has 0 bridgehead atoms. The van der Waals surface area contributed by atoms with Crippen LogP contribution in [0, 0.1) is 5.92 Å². The van der Waals surface area contributed by atoms with Crippen LogP contribution >= 0.6 is 0 Å². The van der Waals surface area contributed by atoms with Crippen molar-refractivity contribution in [2.45, 2.75) is 31.7 Å². The van der Waals surface area contributed by atoms with Crippen molar-refractivity contribution in [1.82, 2.24) is 15.5 Å². The average Bonchev–Trinajstić information content (AvgIpc) is 3.30. The third-order valence-electron chi connectivity index (χ3n) is 5.02. The second-order valence-corrected chi connectivity index (χ2v) is 6.78. The molecular formula is C19H30N4O. The zero-order valence-corrected chi connectivity index (χ0v) is 14.9. The summed E-state index contributed by atoms with van der Waals surface area (Å²) in [7, 11) is 3.60. The van der Waals surface area contributed by atoms with E-state index in [0.717, 1.165) is 43.8 Å². The maximum Gasteiger partial charge on any atom is 0.191 e. The van der Waals surface area contributed by atoms with Crippen LogP contribution in [0.2, 0.25) is 0 Å². The highest BCUT2D eigenvalue weighted by molar-refractivity contribution is 5.79. The Morgan fingerprint density at radius 3 is 2.67 bits per heavy atom. The van der Waals surface area contributed by atoms with Gasteiger partial charge in [-0.1, -0.05) is 18.2 Å². The number of guanidine groups is 1. The summed E-state index contributed by atoms with van der Waals surface area (Å²) in [6, 6.07) is 8.68.